The lowest BCUT2D eigenvalue weighted by atomic mass is 10.1. The normalized spacial score (nSPS) is 11.5. The number of aromatic nitrogens is 1. The van der Waals surface area contributed by atoms with Crippen LogP contribution in [-0.2, 0) is 14.8 Å². The third-order valence-electron chi connectivity index (χ3n) is 2.83. The van der Waals surface area contributed by atoms with Crippen LogP contribution in [0.25, 0.3) is 11.3 Å². The molecule has 124 valence electrons. The molecule has 1 aromatic carbocycles. The molecule has 0 radical (unpaired) electrons. The van der Waals surface area contributed by atoms with E-state index >= 15 is 0 Å². The Labute approximate surface area is 140 Å². The second kappa shape index (κ2) is 7.10. The van der Waals surface area contributed by atoms with Gasteiger partial charge in [0.25, 0.3) is 0 Å². The third-order valence-corrected chi connectivity index (χ3v) is 4.19. The van der Waals surface area contributed by atoms with E-state index in [2.05, 4.69) is 15.0 Å². The molecule has 8 heteroatoms. The number of carbonyl (C=O) groups is 1. The molecule has 0 saturated heterocycles. The molecule has 0 fully saturated rings. The molecule has 2 N–H and O–H groups in total. The summed E-state index contributed by atoms with van der Waals surface area (Å²) >= 11 is 1.36. The van der Waals surface area contributed by atoms with Crippen molar-refractivity contribution in [3.8, 4) is 11.3 Å². The molecule has 1 heterocycles. The van der Waals surface area contributed by atoms with Crippen LogP contribution in [0.5, 0.6) is 0 Å². The molecule has 0 atom stereocenters. The molecule has 0 saturated carbocycles. The van der Waals surface area contributed by atoms with Crippen molar-refractivity contribution in [3.63, 3.8) is 0 Å². The number of hydrogen-bond donors (Lipinski definition) is 2. The summed E-state index contributed by atoms with van der Waals surface area (Å²) < 4.78 is 24.8. The smallest absolute Gasteiger partial charge is 0.229 e. The Balaban J connectivity index is 2.07. The van der Waals surface area contributed by atoms with Crippen LogP contribution in [0, 0.1) is 5.92 Å². The third kappa shape index (κ3) is 5.65. The lowest BCUT2D eigenvalue weighted by molar-refractivity contribution is -0.116. The second-order valence-electron chi connectivity index (χ2n) is 5.64. The predicted octanol–water partition coefficient (Wildman–Crippen LogP) is 3.17. The molecule has 0 spiro atoms. The number of benzene rings is 1. The van der Waals surface area contributed by atoms with Gasteiger partial charge < -0.3 is 5.32 Å². The largest absolute Gasteiger partial charge is 0.302 e. The Morgan fingerprint density at radius 2 is 1.91 bits per heavy atom. The van der Waals surface area contributed by atoms with Gasteiger partial charge in [0.1, 0.15) is 0 Å². The van der Waals surface area contributed by atoms with E-state index in [1.165, 1.54) is 11.3 Å². The van der Waals surface area contributed by atoms with Gasteiger partial charge in [-0.3, -0.25) is 9.52 Å². The standard InChI is InChI=1S/C15H19N3O3S2/c1-10(2)8-14(19)17-15-16-13(9-22-15)11-4-6-12(7-5-11)18-23(3,20)21/h4-7,9-10,18H,8H2,1-3H3,(H,16,17,19). The number of carbonyl (C=O) groups excluding carboxylic acids is 1. The number of sulfonamides is 1. The van der Waals surface area contributed by atoms with Crippen molar-refractivity contribution >= 4 is 38.1 Å². The topological polar surface area (TPSA) is 88.2 Å². The first-order chi connectivity index (χ1) is 10.7. The van der Waals surface area contributed by atoms with Gasteiger partial charge in [0.05, 0.1) is 11.9 Å². The Hall–Kier alpha value is -1.93. The van der Waals surface area contributed by atoms with Crippen LogP contribution in [0.2, 0.25) is 0 Å². The number of amides is 1. The van der Waals surface area contributed by atoms with Crippen LogP contribution >= 0.6 is 11.3 Å². The van der Waals surface area contributed by atoms with Gasteiger partial charge in [0, 0.05) is 23.1 Å². The van der Waals surface area contributed by atoms with Gasteiger partial charge in [-0.1, -0.05) is 26.0 Å². The van der Waals surface area contributed by atoms with Crippen LogP contribution in [0.3, 0.4) is 0 Å². The summed E-state index contributed by atoms with van der Waals surface area (Å²) in [6.07, 6.45) is 1.56. The quantitative estimate of drug-likeness (QED) is 0.835. The molecule has 0 aliphatic carbocycles. The fraction of sp³-hybridized carbons (Fsp3) is 0.333. The summed E-state index contributed by atoms with van der Waals surface area (Å²) in [5.74, 6) is 0.248. The van der Waals surface area contributed by atoms with Crippen molar-refractivity contribution in [1.29, 1.82) is 0 Å². The predicted molar refractivity (Wildman–Crippen MR) is 94.1 cm³/mol. The first kappa shape index (κ1) is 17.4. The zero-order chi connectivity index (χ0) is 17.0. The summed E-state index contributed by atoms with van der Waals surface area (Å²) in [6, 6.07) is 6.91. The van der Waals surface area contributed by atoms with Crippen molar-refractivity contribution in [2.45, 2.75) is 20.3 Å². The SMILES string of the molecule is CC(C)CC(=O)Nc1nc(-c2ccc(NS(C)(=O)=O)cc2)cs1. The number of rotatable bonds is 6. The minimum Gasteiger partial charge on any atom is -0.302 e. The molecule has 0 bridgehead atoms. The van der Waals surface area contributed by atoms with Crippen LogP contribution in [0.1, 0.15) is 20.3 Å². The summed E-state index contributed by atoms with van der Waals surface area (Å²) in [5, 5.41) is 5.19. The Kier molecular flexibility index (Phi) is 5.38. The van der Waals surface area contributed by atoms with E-state index in [1.807, 2.05) is 19.2 Å². The lowest BCUT2D eigenvalue weighted by Crippen LogP contribution is -2.13. The van der Waals surface area contributed by atoms with Crippen molar-refractivity contribution in [2.24, 2.45) is 5.92 Å². The van der Waals surface area contributed by atoms with Gasteiger partial charge in [-0.2, -0.15) is 0 Å². The summed E-state index contributed by atoms with van der Waals surface area (Å²) in [5.41, 5.74) is 2.09. The summed E-state index contributed by atoms with van der Waals surface area (Å²) in [6.45, 7) is 3.97. The number of thiazole rings is 1. The highest BCUT2D eigenvalue weighted by Crippen LogP contribution is 2.26. The van der Waals surface area contributed by atoms with Gasteiger partial charge in [0.15, 0.2) is 5.13 Å². The highest BCUT2D eigenvalue weighted by Gasteiger charge is 2.10. The van der Waals surface area contributed by atoms with E-state index in [1.54, 1.807) is 24.3 Å². The van der Waals surface area contributed by atoms with Gasteiger partial charge in [-0.05, 0) is 18.1 Å². The average molecular weight is 353 g/mol. The van der Waals surface area contributed by atoms with Crippen molar-refractivity contribution in [3.05, 3.63) is 29.6 Å². The van der Waals surface area contributed by atoms with E-state index in [9.17, 15) is 13.2 Å². The molecule has 0 unspecified atom stereocenters. The van der Waals surface area contributed by atoms with E-state index in [0.717, 1.165) is 17.5 Å². The Morgan fingerprint density at radius 3 is 2.48 bits per heavy atom. The molecular formula is C15H19N3O3S2. The van der Waals surface area contributed by atoms with Crippen LogP contribution < -0.4 is 10.0 Å². The van der Waals surface area contributed by atoms with E-state index in [-0.39, 0.29) is 5.91 Å². The van der Waals surface area contributed by atoms with Crippen molar-refractivity contribution < 1.29 is 13.2 Å². The monoisotopic (exact) mass is 353 g/mol. The lowest BCUT2D eigenvalue weighted by Gasteiger charge is -2.04. The zero-order valence-corrected chi connectivity index (χ0v) is 14.8. The molecule has 1 amide bonds. The van der Waals surface area contributed by atoms with Crippen LogP contribution in [0.4, 0.5) is 10.8 Å². The highest BCUT2D eigenvalue weighted by molar-refractivity contribution is 7.92. The van der Waals surface area contributed by atoms with Crippen molar-refractivity contribution in [2.75, 3.05) is 16.3 Å². The molecule has 23 heavy (non-hydrogen) atoms. The Morgan fingerprint density at radius 1 is 1.26 bits per heavy atom. The number of hydrogen-bond acceptors (Lipinski definition) is 5. The first-order valence-electron chi connectivity index (χ1n) is 7.06. The fourth-order valence-electron chi connectivity index (χ4n) is 1.93. The van der Waals surface area contributed by atoms with E-state index < -0.39 is 10.0 Å². The maximum absolute atomic E-state index is 11.7. The van der Waals surface area contributed by atoms with Gasteiger partial charge in [-0.25, -0.2) is 13.4 Å². The molecule has 0 aliphatic rings. The Bertz CT molecular complexity index is 781. The van der Waals surface area contributed by atoms with Crippen LogP contribution in [-0.4, -0.2) is 25.6 Å². The highest BCUT2D eigenvalue weighted by atomic mass is 32.2. The number of nitrogens with zero attached hydrogens (tertiary/aromatic N) is 1. The molecule has 2 rings (SSSR count). The number of anilines is 2. The van der Waals surface area contributed by atoms with Crippen LogP contribution in [0.15, 0.2) is 29.6 Å². The minimum absolute atomic E-state index is 0.0476. The van der Waals surface area contributed by atoms with Gasteiger partial charge in [0.2, 0.25) is 15.9 Å². The van der Waals surface area contributed by atoms with Gasteiger partial charge in [-0.15, -0.1) is 11.3 Å². The maximum atomic E-state index is 11.7. The summed E-state index contributed by atoms with van der Waals surface area (Å²) in [7, 11) is -3.29. The van der Waals surface area contributed by atoms with Crippen molar-refractivity contribution in [1.82, 2.24) is 4.98 Å². The average Bonchev–Trinajstić information content (AvgIpc) is 2.85. The molecule has 6 nitrogen and oxygen atoms in total. The second-order valence-corrected chi connectivity index (χ2v) is 8.24. The van der Waals surface area contributed by atoms with Gasteiger partial charge >= 0.3 is 0 Å². The first-order valence-corrected chi connectivity index (χ1v) is 9.83. The maximum Gasteiger partial charge on any atom is 0.229 e. The molecule has 2 aromatic rings. The molecule has 1 aromatic heterocycles. The minimum atomic E-state index is -3.29. The van der Waals surface area contributed by atoms with E-state index in [4.69, 9.17) is 0 Å². The summed E-state index contributed by atoms with van der Waals surface area (Å²) in [4.78, 5) is 16.1. The molecule has 0 aliphatic heterocycles. The van der Waals surface area contributed by atoms with E-state index in [0.29, 0.717) is 23.2 Å². The zero-order valence-electron chi connectivity index (χ0n) is 13.2. The fourth-order valence-corrected chi connectivity index (χ4v) is 3.23. The number of nitrogens with one attached hydrogen (secondary N) is 2. The molecular weight excluding hydrogens is 334 g/mol.